The molecule has 2 heterocycles. The van der Waals surface area contributed by atoms with Crippen molar-refractivity contribution in [2.45, 2.75) is 50.5 Å². The number of rotatable bonds is 3. The van der Waals surface area contributed by atoms with Gasteiger partial charge in [0.15, 0.2) is 0 Å². The second-order valence-electron chi connectivity index (χ2n) is 8.24. The zero-order valence-corrected chi connectivity index (χ0v) is 17.0. The molecule has 0 radical (unpaired) electrons. The maximum atomic E-state index is 11.1. The lowest BCUT2D eigenvalue weighted by atomic mass is 9.89. The van der Waals surface area contributed by atoms with Crippen LogP contribution in [0.4, 0.5) is 0 Å². The summed E-state index contributed by atoms with van der Waals surface area (Å²) in [6.07, 6.45) is 5.81. The van der Waals surface area contributed by atoms with Crippen molar-refractivity contribution < 1.29 is 19.4 Å². The highest BCUT2D eigenvalue weighted by Gasteiger charge is 2.42. The van der Waals surface area contributed by atoms with E-state index in [2.05, 4.69) is 4.90 Å². The first-order valence-electron chi connectivity index (χ1n) is 10.3. The van der Waals surface area contributed by atoms with Crippen molar-refractivity contribution >= 4 is 17.6 Å². The Hall–Kier alpha value is -2.08. The Balaban J connectivity index is 1.33. The lowest BCUT2D eigenvalue weighted by Crippen LogP contribution is -2.54. The number of hydrogen-bond donors (Lipinski definition) is 1. The minimum absolute atomic E-state index is 0.179. The summed E-state index contributed by atoms with van der Waals surface area (Å²) in [6.45, 7) is 2.57. The predicted molar refractivity (Wildman–Crippen MR) is 110 cm³/mol. The minimum atomic E-state index is -0.987. The van der Waals surface area contributed by atoms with Crippen LogP contribution in [0, 0.1) is 0 Å². The zero-order valence-electron chi connectivity index (χ0n) is 16.2. The largest absolute Gasteiger partial charge is 0.478 e. The van der Waals surface area contributed by atoms with Gasteiger partial charge in [0.1, 0.15) is 5.75 Å². The van der Waals surface area contributed by atoms with Crippen LogP contribution in [0.1, 0.15) is 48.0 Å². The molecular formula is C23H24ClNO4. The lowest BCUT2D eigenvalue weighted by molar-refractivity contribution is -0.231. The van der Waals surface area contributed by atoms with Crippen molar-refractivity contribution in [3.8, 4) is 16.9 Å². The van der Waals surface area contributed by atoms with Gasteiger partial charge in [-0.2, -0.15) is 0 Å². The molecule has 1 N–H and O–H groups in total. The van der Waals surface area contributed by atoms with Crippen LogP contribution in [0.5, 0.6) is 5.75 Å². The number of fused-ring (bicyclic) bond motifs is 1. The van der Waals surface area contributed by atoms with Gasteiger partial charge in [0.25, 0.3) is 0 Å². The van der Waals surface area contributed by atoms with Crippen LogP contribution in [0.2, 0.25) is 5.02 Å². The van der Waals surface area contributed by atoms with Gasteiger partial charge in [-0.1, -0.05) is 30.2 Å². The second-order valence-corrected chi connectivity index (χ2v) is 8.65. The number of hydrogen-bond acceptors (Lipinski definition) is 4. The number of halogens is 1. The Kier molecular flexibility index (Phi) is 4.77. The zero-order chi connectivity index (χ0) is 20.0. The van der Waals surface area contributed by atoms with E-state index >= 15 is 0 Å². The second kappa shape index (κ2) is 7.31. The fourth-order valence-electron chi connectivity index (χ4n) is 4.51. The summed E-state index contributed by atoms with van der Waals surface area (Å²) in [5.41, 5.74) is 2.90. The van der Waals surface area contributed by atoms with E-state index < -0.39 is 11.8 Å². The van der Waals surface area contributed by atoms with E-state index in [1.54, 1.807) is 12.1 Å². The third-order valence-corrected chi connectivity index (χ3v) is 6.84. The summed E-state index contributed by atoms with van der Waals surface area (Å²) in [6, 6.07) is 11.5. The molecule has 0 amide bonds. The molecule has 1 saturated carbocycles. The third kappa shape index (κ3) is 3.52. The molecule has 2 aromatic carbocycles. The minimum Gasteiger partial charge on any atom is -0.478 e. The monoisotopic (exact) mass is 413 g/mol. The molecule has 0 atom stereocenters. The van der Waals surface area contributed by atoms with Gasteiger partial charge in [0, 0.05) is 48.1 Å². The van der Waals surface area contributed by atoms with E-state index in [1.807, 2.05) is 18.2 Å². The number of aromatic carboxylic acids is 1. The Bertz CT molecular complexity index is 948. The van der Waals surface area contributed by atoms with Crippen LogP contribution in [0.25, 0.3) is 11.1 Å². The molecule has 5 nitrogen and oxygen atoms in total. The molecule has 29 heavy (non-hydrogen) atoms. The van der Waals surface area contributed by atoms with E-state index in [-0.39, 0.29) is 5.56 Å². The van der Waals surface area contributed by atoms with Gasteiger partial charge < -0.3 is 14.6 Å². The molecule has 152 valence electrons. The molecule has 2 fully saturated rings. The number of ether oxygens (including phenoxy) is 2. The van der Waals surface area contributed by atoms with E-state index in [0.717, 1.165) is 54.4 Å². The summed E-state index contributed by atoms with van der Waals surface area (Å²) in [5.74, 6) is -0.620. The van der Waals surface area contributed by atoms with E-state index in [4.69, 9.17) is 26.2 Å². The van der Waals surface area contributed by atoms with Crippen molar-refractivity contribution in [3.05, 3.63) is 52.5 Å². The topological polar surface area (TPSA) is 59.0 Å². The van der Waals surface area contributed by atoms with Crippen molar-refractivity contribution in [2.24, 2.45) is 0 Å². The number of likely N-dealkylation sites (tertiary alicyclic amines) is 1. The van der Waals surface area contributed by atoms with Crippen molar-refractivity contribution in [1.29, 1.82) is 0 Å². The smallest absolute Gasteiger partial charge is 0.335 e. The normalized spacial score (nSPS) is 21.3. The fraction of sp³-hybridized carbons (Fsp3) is 0.435. The molecule has 1 spiro atoms. The molecule has 0 unspecified atom stereocenters. The SMILES string of the molecule is O=C(O)c1ccc(-c2ccc3c(c2)COC2(CCN(C4CCC4)CC2)O3)c(Cl)c1. The molecule has 0 aromatic heterocycles. The summed E-state index contributed by atoms with van der Waals surface area (Å²) >= 11 is 6.33. The van der Waals surface area contributed by atoms with Gasteiger partial charge in [0.05, 0.1) is 12.2 Å². The quantitative estimate of drug-likeness (QED) is 0.770. The van der Waals surface area contributed by atoms with E-state index in [0.29, 0.717) is 11.6 Å². The Morgan fingerprint density at radius 3 is 2.59 bits per heavy atom. The molecule has 6 heteroatoms. The Morgan fingerprint density at radius 1 is 1.14 bits per heavy atom. The summed E-state index contributed by atoms with van der Waals surface area (Å²) in [4.78, 5) is 13.7. The first kappa shape index (κ1) is 18.9. The summed E-state index contributed by atoms with van der Waals surface area (Å²) < 4.78 is 12.6. The van der Waals surface area contributed by atoms with Gasteiger partial charge >= 0.3 is 5.97 Å². The lowest BCUT2D eigenvalue weighted by Gasteiger charge is -2.47. The summed E-state index contributed by atoms with van der Waals surface area (Å²) in [7, 11) is 0. The Labute approximate surface area is 175 Å². The molecule has 1 saturated heterocycles. The van der Waals surface area contributed by atoms with Crippen molar-refractivity contribution in [3.63, 3.8) is 0 Å². The van der Waals surface area contributed by atoms with Gasteiger partial charge in [-0.15, -0.1) is 0 Å². The van der Waals surface area contributed by atoms with Crippen molar-refractivity contribution in [1.82, 2.24) is 4.90 Å². The molecule has 0 bridgehead atoms. The number of carboxylic acid groups (broad SMARTS) is 1. The average molecular weight is 414 g/mol. The molecule has 1 aliphatic carbocycles. The first-order valence-corrected chi connectivity index (χ1v) is 10.6. The summed E-state index contributed by atoms with van der Waals surface area (Å²) in [5, 5.41) is 9.54. The maximum Gasteiger partial charge on any atom is 0.335 e. The predicted octanol–water partition coefficient (Wildman–Crippen LogP) is 4.96. The van der Waals surface area contributed by atoms with Gasteiger partial charge in [-0.25, -0.2) is 4.79 Å². The first-order chi connectivity index (χ1) is 14.0. The van der Waals surface area contributed by atoms with Gasteiger partial charge in [-0.05, 0) is 42.7 Å². The van der Waals surface area contributed by atoms with Crippen LogP contribution in [0.15, 0.2) is 36.4 Å². The fourth-order valence-corrected chi connectivity index (χ4v) is 4.80. The highest BCUT2D eigenvalue weighted by Crippen LogP contribution is 2.41. The molecule has 5 rings (SSSR count). The maximum absolute atomic E-state index is 11.1. The highest BCUT2D eigenvalue weighted by atomic mass is 35.5. The third-order valence-electron chi connectivity index (χ3n) is 6.53. The van der Waals surface area contributed by atoms with Gasteiger partial charge in [0.2, 0.25) is 5.79 Å². The van der Waals surface area contributed by atoms with Gasteiger partial charge in [-0.3, -0.25) is 4.90 Å². The number of nitrogens with zero attached hydrogens (tertiary/aromatic N) is 1. The van der Waals surface area contributed by atoms with Crippen LogP contribution in [-0.4, -0.2) is 40.9 Å². The van der Waals surface area contributed by atoms with E-state index in [9.17, 15) is 4.79 Å². The number of piperidine rings is 1. The number of carboxylic acids is 1. The number of carbonyl (C=O) groups is 1. The van der Waals surface area contributed by atoms with Crippen molar-refractivity contribution in [2.75, 3.05) is 13.1 Å². The molecular weight excluding hydrogens is 390 g/mol. The van der Waals surface area contributed by atoms with Crippen LogP contribution in [-0.2, 0) is 11.3 Å². The molecule has 2 aliphatic heterocycles. The molecule has 3 aliphatic rings. The number of benzene rings is 2. The van der Waals surface area contributed by atoms with Crippen LogP contribution >= 0.6 is 11.6 Å². The highest BCUT2D eigenvalue weighted by molar-refractivity contribution is 6.33. The molecule has 2 aromatic rings. The average Bonchev–Trinajstić information content (AvgIpc) is 2.68. The van der Waals surface area contributed by atoms with E-state index in [1.165, 1.54) is 25.3 Å². The van der Waals surface area contributed by atoms with Crippen LogP contribution in [0.3, 0.4) is 0 Å². The standard InChI is InChI=1S/C23H24ClNO4/c24-20-13-16(22(26)27)4-6-19(20)15-5-7-21-17(12-15)14-28-23(29-21)8-10-25(11-9-23)18-2-1-3-18/h4-7,12-13,18H,1-3,8-11,14H2,(H,26,27). The van der Waals surface area contributed by atoms with Crippen LogP contribution < -0.4 is 4.74 Å². The Morgan fingerprint density at radius 2 is 1.93 bits per heavy atom.